The highest BCUT2D eigenvalue weighted by Gasteiger charge is 2.23. The molecule has 4 nitrogen and oxygen atoms in total. The Morgan fingerprint density at radius 1 is 1.41 bits per heavy atom. The lowest BCUT2D eigenvalue weighted by Crippen LogP contribution is -2.46. The summed E-state index contributed by atoms with van der Waals surface area (Å²) in [5.41, 5.74) is 1.18. The number of nitrogens with zero attached hydrogens (tertiary/aromatic N) is 1. The highest BCUT2D eigenvalue weighted by molar-refractivity contribution is 5.85. The van der Waals surface area contributed by atoms with E-state index in [4.69, 9.17) is 4.74 Å². The summed E-state index contributed by atoms with van der Waals surface area (Å²) in [5, 5.41) is 3.35. The lowest BCUT2D eigenvalue weighted by atomic mass is 10.1. The lowest BCUT2D eigenvalue weighted by molar-refractivity contribution is -0.135. The zero-order chi connectivity index (χ0) is 15.1. The van der Waals surface area contributed by atoms with Crippen LogP contribution in [-0.2, 0) is 16.1 Å². The van der Waals surface area contributed by atoms with E-state index in [0.717, 1.165) is 19.6 Å². The second-order valence-electron chi connectivity index (χ2n) is 5.69. The number of ether oxygens (including phenoxy) is 1. The van der Waals surface area contributed by atoms with Crippen LogP contribution in [0.2, 0.25) is 0 Å². The van der Waals surface area contributed by atoms with Gasteiger partial charge in [-0.1, -0.05) is 37.3 Å². The maximum absolute atomic E-state index is 12.6. The predicted octanol–water partition coefficient (Wildman–Crippen LogP) is 2.61. The molecule has 1 heterocycles. The third kappa shape index (κ3) is 5.59. The van der Waals surface area contributed by atoms with Gasteiger partial charge in [0.15, 0.2) is 0 Å². The van der Waals surface area contributed by atoms with Crippen LogP contribution in [0.5, 0.6) is 0 Å². The fourth-order valence-electron chi connectivity index (χ4n) is 2.57. The van der Waals surface area contributed by atoms with Gasteiger partial charge in [0.1, 0.15) is 0 Å². The Hall–Kier alpha value is -1.10. The molecule has 2 rings (SSSR count). The van der Waals surface area contributed by atoms with E-state index in [1.807, 2.05) is 23.1 Å². The standard InChI is InChI=1S/C17H26N2O2.ClH/c1-3-14(2)19(12-15-7-5-4-6-8-15)17(20)11-16-13-21-10-9-18-16;/h4-8,14,16,18H,3,9-13H2,1-2H3;1H. The Morgan fingerprint density at radius 2 is 2.14 bits per heavy atom. The third-order valence-corrected chi connectivity index (χ3v) is 4.06. The minimum absolute atomic E-state index is 0. The number of hydrogen-bond donors (Lipinski definition) is 1. The van der Waals surface area contributed by atoms with Gasteiger partial charge in [0.2, 0.25) is 5.91 Å². The summed E-state index contributed by atoms with van der Waals surface area (Å²) in [6, 6.07) is 10.6. The van der Waals surface area contributed by atoms with Crippen molar-refractivity contribution in [1.29, 1.82) is 0 Å². The van der Waals surface area contributed by atoms with Gasteiger partial charge in [-0.25, -0.2) is 0 Å². The van der Waals surface area contributed by atoms with Crippen LogP contribution in [0.3, 0.4) is 0 Å². The van der Waals surface area contributed by atoms with E-state index in [9.17, 15) is 4.79 Å². The Labute approximate surface area is 139 Å². The van der Waals surface area contributed by atoms with Crippen LogP contribution >= 0.6 is 12.4 Å². The summed E-state index contributed by atoms with van der Waals surface area (Å²) in [5.74, 6) is 0.205. The molecule has 0 radical (unpaired) electrons. The molecule has 0 spiro atoms. The van der Waals surface area contributed by atoms with Crippen molar-refractivity contribution >= 4 is 18.3 Å². The van der Waals surface area contributed by atoms with Crippen LogP contribution in [0.25, 0.3) is 0 Å². The average molecular weight is 327 g/mol. The quantitative estimate of drug-likeness (QED) is 0.873. The zero-order valence-corrected chi connectivity index (χ0v) is 14.3. The molecule has 0 bridgehead atoms. The average Bonchev–Trinajstić information content (AvgIpc) is 2.53. The Balaban J connectivity index is 0.00000242. The molecule has 2 atom stereocenters. The smallest absolute Gasteiger partial charge is 0.224 e. The van der Waals surface area contributed by atoms with Gasteiger partial charge in [0.25, 0.3) is 0 Å². The first-order valence-electron chi connectivity index (χ1n) is 7.85. The Morgan fingerprint density at radius 3 is 2.73 bits per heavy atom. The van der Waals surface area contributed by atoms with Crippen molar-refractivity contribution < 1.29 is 9.53 Å². The second kappa shape index (κ2) is 9.82. The predicted molar refractivity (Wildman–Crippen MR) is 91.2 cm³/mol. The van der Waals surface area contributed by atoms with Crippen molar-refractivity contribution in [3.8, 4) is 0 Å². The van der Waals surface area contributed by atoms with Gasteiger partial charge >= 0.3 is 0 Å². The molecule has 2 unspecified atom stereocenters. The van der Waals surface area contributed by atoms with Gasteiger partial charge in [0, 0.05) is 31.6 Å². The summed E-state index contributed by atoms with van der Waals surface area (Å²) >= 11 is 0. The SMILES string of the molecule is CCC(C)N(Cc1ccccc1)C(=O)CC1COCCN1.Cl. The fraction of sp³-hybridized carbons (Fsp3) is 0.588. The highest BCUT2D eigenvalue weighted by atomic mass is 35.5. The van der Waals surface area contributed by atoms with E-state index in [2.05, 4.69) is 31.3 Å². The minimum atomic E-state index is 0. The number of nitrogens with one attached hydrogen (secondary N) is 1. The first kappa shape index (κ1) is 18.9. The summed E-state index contributed by atoms with van der Waals surface area (Å²) in [6.07, 6.45) is 1.48. The molecule has 1 aliphatic heterocycles. The number of carbonyl (C=O) groups excluding carboxylic acids is 1. The number of hydrogen-bond acceptors (Lipinski definition) is 3. The van der Waals surface area contributed by atoms with E-state index in [-0.39, 0.29) is 30.4 Å². The number of morpholine rings is 1. The topological polar surface area (TPSA) is 41.6 Å². The minimum Gasteiger partial charge on any atom is -0.378 e. The van der Waals surface area contributed by atoms with E-state index in [0.29, 0.717) is 19.6 Å². The van der Waals surface area contributed by atoms with Crippen LogP contribution in [0.1, 0.15) is 32.3 Å². The molecule has 124 valence electrons. The number of benzene rings is 1. The Bertz CT molecular complexity index is 436. The maximum Gasteiger partial charge on any atom is 0.224 e. The molecule has 1 fully saturated rings. The number of carbonyl (C=O) groups is 1. The largest absolute Gasteiger partial charge is 0.378 e. The van der Waals surface area contributed by atoms with Crippen molar-refractivity contribution in [2.75, 3.05) is 19.8 Å². The van der Waals surface area contributed by atoms with E-state index in [1.54, 1.807) is 0 Å². The second-order valence-corrected chi connectivity index (χ2v) is 5.69. The lowest BCUT2D eigenvalue weighted by Gasteiger charge is -2.31. The van der Waals surface area contributed by atoms with Gasteiger partial charge in [-0.2, -0.15) is 0 Å². The normalized spacial score (nSPS) is 19.1. The summed E-state index contributed by atoms with van der Waals surface area (Å²) in [6.45, 7) is 7.13. The number of rotatable bonds is 6. The third-order valence-electron chi connectivity index (χ3n) is 4.06. The van der Waals surface area contributed by atoms with Crippen LogP contribution < -0.4 is 5.32 Å². The number of amides is 1. The molecule has 22 heavy (non-hydrogen) atoms. The number of halogens is 1. The molecular formula is C17H27ClN2O2. The van der Waals surface area contributed by atoms with Crippen LogP contribution in [0.15, 0.2) is 30.3 Å². The van der Waals surface area contributed by atoms with Crippen LogP contribution in [0, 0.1) is 0 Å². The zero-order valence-electron chi connectivity index (χ0n) is 13.5. The fourth-order valence-corrected chi connectivity index (χ4v) is 2.57. The van der Waals surface area contributed by atoms with Gasteiger partial charge in [-0.15, -0.1) is 12.4 Å². The van der Waals surface area contributed by atoms with Gasteiger partial charge in [-0.3, -0.25) is 4.79 Å². The van der Waals surface area contributed by atoms with Crippen molar-refractivity contribution in [2.24, 2.45) is 0 Å². The van der Waals surface area contributed by atoms with Crippen molar-refractivity contribution in [2.45, 2.75) is 45.3 Å². The molecule has 0 aliphatic carbocycles. The van der Waals surface area contributed by atoms with Crippen molar-refractivity contribution in [3.05, 3.63) is 35.9 Å². The van der Waals surface area contributed by atoms with E-state index in [1.165, 1.54) is 5.56 Å². The molecule has 0 aromatic heterocycles. The van der Waals surface area contributed by atoms with Gasteiger partial charge in [-0.05, 0) is 18.9 Å². The first-order chi connectivity index (χ1) is 10.2. The molecule has 0 saturated carbocycles. The summed E-state index contributed by atoms with van der Waals surface area (Å²) in [7, 11) is 0. The molecule has 1 aliphatic rings. The molecule has 1 aromatic rings. The van der Waals surface area contributed by atoms with Crippen molar-refractivity contribution in [1.82, 2.24) is 10.2 Å². The molecular weight excluding hydrogens is 300 g/mol. The van der Waals surface area contributed by atoms with Crippen LogP contribution in [-0.4, -0.2) is 42.6 Å². The monoisotopic (exact) mass is 326 g/mol. The van der Waals surface area contributed by atoms with Crippen molar-refractivity contribution in [3.63, 3.8) is 0 Å². The van der Waals surface area contributed by atoms with Gasteiger partial charge in [0.05, 0.1) is 13.2 Å². The molecule has 5 heteroatoms. The summed E-state index contributed by atoms with van der Waals surface area (Å²) in [4.78, 5) is 14.6. The molecule has 1 N–H and O–H groups in total. The highest BCUT2D eigenvalue weighted by Crippen LogP contribution is 2.14. The molecule has 1 amide bonds. The molecule has 1 aromatic carbocycles. The van der Waals surface area contributed by atoms with E-state index >= 15 is 0 Å². The van der Waals surface area contributed by atoms with Gasteiger partial charge < -0.3 is 15.0 Å². The summed E-state index contributed by atoms with van der Waals surface area (Å²) < 4.78 is 5.43. The van der Waals surface area contributed by atoms with Crippen LogP contribution in [0.4, 0.5) is 0 Å². The van der Waals surface area contributed by atoms with E-state index < -0.39 is 0 Å². The Kier molecular flexibility index (Phi) is 8.46. The first-order valence-corrected chi connectivity index (χ1v) is 7.85. The maximum atomic E-state index is 12.6. The molecule has 1 saturated heterocycles.